The molecule has 0 saturated heterocycles. The Morgan fingerprint density at radius 1 is 1.45 bits per heavy atom. The molecule has 0 aliphatic carbocycles. The smallest absolute Gasteiger partial charge is 0.306 e. The van der Waals surface area contributed by atoms with Crippen molar-refractivity contribution < 1.29 is 23.8 Å². The molecule has 0 unspecified atom stereocenters. The second kappa shape index (κ2) is 5.58. The van der Waals surface area contributed by atoms with E-state index in [9.17, 15) is 14.0 Å². The van der Waals surface area contributed by atoms with E-state index in [1.807, 2.05) is 0 Å². The molecule has 4 nitrogen and oxygen atoms in total. The predicted octanol–water partition coefficient (Wildman–Crippen LogP) is 3.34. The average molecular weight is 296 g/mol. The summed E-state index contributed by atoms with van der Waals surface area (Å²) in [7, 11) is 1.37. The van der Waals surface area contributed by atoms with Crippen LogP contribution in [0.1, 0.15) is 23.0 Å². The molecule has 0 aliphatic rings. The largest absolute Gasteiger partial charge is 0.494 e. The van der Waals surface area contributed by atoms with Gasteiger partial charge in [0.2, 0.25) is 0 Å². The summed E-state index contributed by atoms with van der Waals surface area (Å²) in [5.74, 6) is -2.45. The number of benzene rings is 1. The zero-order chi connectivity index (χ0) is 14.9. The van der Waals surface area contributed by atoms with Crippen molar-refractivity contribution in [3.8, 4) is 5.75 Å². The molecular formula is C14H13FO4S. The number of Topliss-reactive ketones (excluding diaryl/α,β-unsaturated/α-hetero) is 1. The van der Waals surface area contributed by atoms with Gasteiger partial charge in [0.1, 0.15) is 0 Å². The summed E-state index contributed by atoms with van der Waals surface area (Å²) in [5.41, 5.74) is 0. The molecule has 0 fully saturated rings. The van der Waals surface area contributed by atoms with Crippen molar-refractivity contribution >= 4 is 33.2 Å². The number of halogens is 1. The SMILES string of the molecule is COc1ccc2cc(C(=O)C[C@H](C)C(=O)O)sc2c1F. The number of thiophene rings is 1. The number of fused-ring (bicyclic) bond motifs is 1. The Labute approximate surface area is 118 Å². The van der Waals surface area contributed by atoms with Crippen LogP contribution in [0.5, 0.6) is 5.75 Å². The average Bonchev–Trinajstić information content (AvgIpc) is 2.84. The minimum Gasteiger partial charge on any atom is -0.494 e. The van der Waals surface area contributed by atoms with Gasteiger partial charge in [-0.05, 0) is 23.6 Å². The number of methoxy groups -OCH3 is 1. The van der Waals surface area contributed by atoms with Crippen LogP contribution in [-0.2, 0) is 4.79 Å². The molecule has 6 heteroatoms. The maximum absolute atomic E-state index is 14.0. The van der Waals surface area contributed by atoms with Gasteiger partial charge in [-0.3, -0.25) is 9.59 Å². The number of carboxylic acids is 1. The lowest BCUT2D eigenvalue weighted by Gasteiger charge is -2.02. The van der Waals surface area contributed by atoms with Crippen LogP contribution in [0.25, 0.3) is 10.1 Å². The summed E-state index contributed by atoms with van der Waals surface area (Å²) < 4.78 is 19.2. The number of hydrogen-bond acceptors (Lipinski definition) is 4. The Morgan fingerprint density at radius 2 is 2.15 bits per heavy atom. The third kappa shape index (κ3) is 2.65. The van der Waals surface area contributed by atoms with E-state index in [0.717, 1.165) is 11.3 Å². The lowest BCUT2D eigenvalue weighted by molar-refractivity contribution is -0.141. The highest BCUT2D eigenvalue weighted by Crippen LogP contribution is 2.33. The van der Waals surface area contributed by atoms with Gasteiger partial charge in [-0.1, -0.05) is 6.92 Å². The van der Waals surface area contributed by atoms with Crippen LogP contribution in [0, 0.1) is 11.7 Å². The molecule has 1 aromatic heterocycles. The third-order valence-electron chi connectivity index (χ3n) is 3.00. The molecular weight excluding hydrogens is 283 g/mol. The molecule has 0 amide bonds. The molecule has 1 atom stereocenters. The molecule has 20 heavy (non-hydrogen) atoms. The zero-order valence-corrected chi connectivity index (χ0v) is 11.8. The minimum atomic E-state index is -1.02. The minimum absolute atomic E-state index is 0.0963. The summed E-state index contributed by atoms with van der Waals surface area (Å²) in [6.07, 6.45) is -0.0963. The molecule has 0 radical (unpaired) electrons. The number of carbonyl (C=O) groups is 2. The molecule has 0 aliphatic heterocycles. The van der Waals surface area contributed by atoms with Crippen molar-refractivity contribution in [2.24, 2.45) is 5.92 Å². The molecule has 2 rings (SSSR count). The molecule has 1 aromatic carbocycles. The van der Waals surface area contributed by atoms with Crippen molar-refractivity contribution in [2.75, 3.05) is 7.11 Å². The monoisotopic (exact) mass is 296 g/mol. The first-order valence-corrected chi connectivity index (χ1v) is 6.77. The molecule has 106 valence electrons. The molecule has 2 aromatic rings. The van der Waals surface area contributed by atoms with Crippen molar-refractivity contribution in [3.63, 3.8) is 0 Å². The van der Waals surface area contributed by atoms with Crippen molar-refractivity contribution in [2.45, 2.75) is 13.3 Å². The van der Waals surface area contributed by atoms with Crippen LogP contribution >= 0.6 is 11.3 Å². The van der Waals surface area contributed by atoms with Crippen LogP contribution < -0.4 is 4.74 Å². The molecule has 0 saturated carbocycles. The lowest BCUT2D eigenvalue weighted by Crippen LogP contribution is -2.13. The van der Waals surface area contributed by atoms with Crippen molar-refractivity contribution in [3.05, 3.63) is 28.9 Å². The van der Waals surface area contributed by atoms with Gasteiger partial charge in [0.25, 0.3) is 0 Å². The standard InChI is InChI=1S/C14H13FO4S/c1-7(14(17)18)5-9(16)11-6-8-3-4-10(19-2)12(15)13(8)20-11/h3-4,6-7H,5H2,1-2H3,(H,17,18)/t7-/m0/s1. The molecule has 0 bridgehead atoms. The van der Waals surface area contributed by atoms with E-state index >= 15 is 0 Å². The first kappa shape index (κ1) is 14.5. The Balaban J connectivity index is 2.34. The van der Waals surface area contributed by atoms with Crippen LogP contribution in [0.2, 0.25) is 0 Å². The number of ketones is 1. The van der Waals surface area contributed by atoms with E-state index in [-0.39, 0.29) is 18.0 Å². The summed E-state index contributed by atoms with van der Waals surface area (Å²) in [6.45, 7) is 1.47. The number of carbonyl (C=O) groups excluding carboxylic acids is 1. The highest BCUT2D eigenvalue weighted by molar-refractivity contribution is 7.20. The van der Waals surface area contributed by atoms with Crippen LogP contribution in [0.15, 0.2) is 18.2 Å². The van der Waals surface area contributed by atoms with Crippen molar-refractivity contribution in [1.29, 1.82) is 0 Å². The Morgan fingerprint density at radius 3 is 2.75 bits per heavy atom. The fraction of sp³-hybridized carbons (Fsp3) is 0.286. The summed E-state index contributed by atoms with van der Waals surface area (Å²) in [6, 6.07) is 4.75. The van der Waals surface area contributed by atoms with Gasteiger partial charge < -0.3 is 9.84 Å². The van der Waals surface area contributed by atoms with E-state index in [1.165, 1.54) is 20.1 Å². The summed E-state index contributed by atoms with van der Waals surface area (Å²) in [5, 5.41) is 9.42. The fourth-order valence-electron chi connectivity index (χ4n) is 1.81. The summed E-state index contributed by atoms with van der Waals surface area (Å²) in [4.78, 5) is 23.1. The number of ether oxygens (including phenoxy) is 1. The first-order valence-electron chi connectivity index (χ1n) is 5.96. The molecule has 1 N–H and O–H groups in total. The number of aliphatic carboxylic acids is 1. The van der Waals surface area contributed by atoms with Crippen LogP contribution in [0.3, 0.4) is 0 Å². The van der Waals surface area contributed by atoms with Gasteiger partial charge in [0.15, 0.2) is 17.3 Å². The second-order valence-electron chi connectivity index (χ2n) is 4.48. The molecule has 1 heterocycles. The number of hydrogen-bond donors (Lipinski definition) is 1. The quantitative estimate of drug-likeness (QED) is 0.859. The predicted molar refractivity (Wildman–Crippen MR) is 74.1 cm³/mol. The third-order valence-corrected chi connectivity index (χ3v) is 4.18. The van der Waals surface area contributed by atoms with Crippen molar-refractivity contribution in [1.82, 2.24) is 0 Å². The normalized spacial score (nSPS) is 12.3. The van der Waals surface area contributed by atoms with E-state index in [1.54, 1.807) is 12.1 Å². The van der Waals surface area contributed by atoms with E-state index in [4.69, 9.17) is 9.84 Å². The Hall–Kier alpha value is -1.95. The topological polar surface area (TPSA) is 63.6 Å². The van der Waals surface area contributed by atoms with E-state index in [0.29, 0.717) is 15.0 Å². The number of carboxylic acid groups (broad SMARTS) is 1. The van der Waals surface area contributed by atoms with E-state index < -0.39 is 17.7 Å². The van der Waals surface area contributed by atoms with E-state index in [2.05, 4.69) is 0 Å². The second-order valence-corrected chi connectivity index (χ2v) is 5.53. The maximum Gasteiger partial charge on any atom is 0.306 e. The van der Waals surface area contributed by atoms with Crippen LogP contribution in [-0.4, -0.2) is 24.0 Å². The number of rotatable bonds is 5. The van der Waals surface area contributed by atoms with Gasteiger partial charge in [0, 0.05) is 6.42 Å². The van der Waals surface area contributed by atoms with Crippen LogP contribution in [0.4, 0.5) is 4.39 Å². The van der Waals surface area contributed by atoms with Gasteiger partial charge in [0.05, 0.1) is 22.6 Å². The zero-order valence-electron chi connectivity index (χ0n) is 11.0. The highest BCUT2D eigenvalue weighted by atomic mass is 32.1. The van der Waals surface area contributed by atoms with Gasteiger partial charge >= 0.3 is 5.97 Å². The van der Waals surface area contributed by atoms with Gasteiger partial charge in [-0.2, -0.15) is 0 Å². The first-order chi connectivity index (χ1) is 9.43. The maximum atomic E-state index is 14.0. The highest BCUT2D eigenvalue weighted by Gasteiger charge is 2.20. The van der Waals surface area contributed by atoms with Gasteiger partial charge in [-0.15, -0.1) is 11.3 Å². The summed E-state index contributed by atoms with van der Waals surface area (Å²) >= 11 is 1.02. The lowest BCUT2D eigenvalue weighted by atomic mass is 10.0. The van der Waals surface area contributed by atoms with Gasteiger partial charge in [-0.25, -0.2) is 4.39 Å². The Kier molecular flexibility index (Phi) is 4.04. The Bertz CT molecular complexity index is 677. The molecule has 0 spiro atoms. The fourth-order valence-corrected chi connectivity index (χ4v) is 2.85.